The van der Waals surface area contributed by atoms with E-state index in [9.17, 15) is 5.26 Å². The number of H-pyrrole nitrogens is 1. The summed E-state index contributed by atoms with van der Waals surface area (Å²) in [5.74, 6) is 0.161. The molecule has 1 aromatic heterocycles. The maximum Gasteiger partial charge on any atom is 0.244 e. The van der Waals surface area contributed by atoms with Crippen molar-refractivity contribution < 1.29 is 4.74 Å². The van der Waals surface area contributed by atoms with Gasteiger partial charge in [0, 0.05) is 19.8 Å². The average molecular weight is 357 g/mol. The maximum atomic E-state index is 9.75. The number of ether oxygens (including phenoxy) is 1. The van der Waals surface area contributed by atoms with Crippen LogP contribution in [0.5, 0.6) is 5.88 Å². The van der Waals surface area contributed by atoms with Gasteiger partial charge in [0.25, 0.3) is 0 Å². The first-order valence-electron chi connectivity index (χ1n) is 8.58. The van der Waals surface area contributed by atoms with Gasteiger partial charge in [-0.25, -0.2) is 0 Å². The molecule has 0 unspecified atom stereocenters. The Morgan fingerprint density at radius 3 is 2.44 bits per heavy atom. The van der Waals surface area contributed by atoms with Gasteiger partial charge < -0.3 is 15.4 Å². The second kappa shape index (κ2) is 6.54. The van der Waals surface area contributed by atoms with Gasteiger partial charge in [-0.2, -0.15) is 5.26 Å². The molecule has 27 heavy (non-hydrogen) atoms. The van der Waals surface area contributed by atoms with Crippen LogP contribution in [0, 0.1) is 11.3 Å². The molecule has 2 aromatic carbocycles. The molecule has 0 fully saturated rings. The Kier molecular flexibility index (Phi) is 4.05. The number of anilines is 1. The summed E-state index contributed by atoms with van der Waals surface area (Å²) in [6.45, 7) is 0. The molecule has 2 heterocycles. The summed E-state index contributed by atoms with van der Waals surface area (Å²) in [6, 6.07) is 20.2. The van der Waals surface area contributed by atoms with Crippen molar-refractivity contribution in [3.05, 3.63) is 77.2 Å². The number of aromatic nitrogens is 2. The van der Waals surface area contributed by atoms with Crippen molar-refractivity contribution in [3.63, 3.8) is 0 Å². The molecule has 134 valence electrons. The molecule has 4 rings (SSSR count). The molecule has 3 aromatic rings. The number of hydrogen-bond donors (Lipinski definition) is 2. The van der Waals surface area contributed by atoms with Crippen LogP contribution in [-0.2, 0) is 0 Å². The van der Waals surface area contributed by atoms with E-state index in [1.54, 1.807) is 0 Å². The fraction of sp³-hybridized carbons (Fsp3) is 0.143. The highest BCUT2D eigenvalue weighted by molar-refractivity contribution is 5.71. The second-order valence-corrected chi connectivity index (χ2v) is 6.59. The van der Waals surface area contributed by atoms with Crippen molar-refractivity contribution in [1.82, 2.24) is 10.2 Å². The van der Waals surface area contributed by atoms with Crippen LogP contribution in [0.15, 0.2) is 66.1 Å². The number of nitrogens with two attached hydrogens (primary N) is 1. The lowest BCUT2D eigenvalue weighted by Crippen LogP contribution is -2.21. The predicted octanol–water partition coefficient (Wildman–Crippen LogP) is 3.36. The predicted molar refractivity (Wildman–Crippen MR) is 104 cm³/mol. The molecule has 0 saturated carbocycles. The number of allylic oxidation sites excluding steroid dienone is 1. The minimum Gasteiger partial charge on any atom is -0.420 e. The fourth-order valence-corrected chi connectivity index (χ4v) is 3.37. The van der Waals surface area contributed by atoms with Crippen LogP contribution in [0.4, 0.5) is 5.69 Å². The zero-order chi connectivity index (χ0) is 19.0. The van der Waals surface area contributed by atoms with Crippen molar-refractivity contribution >= 4 is 5.69 Å². The highest BCUT2D eigenvalue weighted by Gasteiger charge is 2.35. The van der Waals surface area contributed by atoms with Crippen molar-refractivity contribution in [2.45, 2.75) is 5.92 Å². The van der Waals surface area contributed by atoms with Gasteiger partial charge in [0.05, 0.1) is 17.2 Å². The highest BCUT2D eigenvalue weighted by Crippen LogP contribution is 2.45. The quantitative estimate of drug-likeness (QED) is 0.750. The van der Waals surface area contributed by atoms with Gasteiger partial charge in [0.15, 0.2) is 0 Å². The van der Waals surface area contributed by atoms with Crippen molar-refractivity contribution in [2.24, 2.45) is 5.73 Å². The Hall–Kier alpha value is -3.72. The van der Waals surface area contributed by atoms with E-state index in [2.05, 4.69) is 16.3 Å². The first-order valence-corrected chi connectivity index (χ1v) is 8.58. The van der Waals surface area contributed by atoms with Gasteiger partial charge >= 0.3 is 0 Å². The van der Waals surface area contributed by atoms with Gasteiger partial charge in [-0.3, -0.25) is 5.10 Å². The third-order valence-electron chi connectivity index (χ3n) is 4.74. The molecule has 0 radical (unpaired) electrons. The van der Waals surface area contributed by atoms with E-state index in [0.29, 0.717) is 11.5 Å². The highest BCUT2D eigenvalue weighted by atomic mass is 16.5. The van der Waals surface area contributed by atoms with Gasteiger partial charge in [-0.15, -0.1) is 5.10 Å². The van der Waals surface area contributed by atoms with E-state index >= 15 is 0 Å². The van der Waals surface area contributed by atoms with Crippen LogP contribution < -0.4 is 15.4 Å². The van der Waals surface area contributed by atoms with E-state index in [0.717, 1.165) is 28.1 Å². The molecule has 6 heteroatoms. The molecule has 1 aliphatic rings. The second-order valence-electron chi connectivity index (χ2n) is 6.59. The molecule has 1 atom stereocenters. The Bertz CT molecular complexity index is 1040. The standard InChI is InChI=1S/C21H19N5O/c1-26(2)15-10-8-13(9-11-15)17-16(12-22)20(23)27-21-18(17)19(24-25-21)14-6-4-3-5-7-14/h3-11,17H,23H2,1-2H3,(H,24,25)/t17-/m0/s1. The molecule has 0 aliphatic carbocycles. The van der Waals surface area contributed by atoms with Gasteiger partial charge in [0.1, 0.15) is 11.6 Å². The summed E-state index contributed by atoms with van der Waals surface area (Å²) >= 11 is 0. The molecule has 1 aliphatic heterocycles. The summed E-state index contributed by atoms with van der Waals surface area (Å²) in [7, 11) is 3.98. The lowest BCUT2D eigenvalue weighted by Gasteiger charge is -2.24. The Balaban J connectivity index is 1.90. The molecule has 0 spiro atoms. The van der Waals surface area contributed by atoms with Crippen LogP contribution in [0.3, 0.4) is 0 Å². The number of benzene rings is 2. The van der Waals surface area contributed by atoms with Gasteiger partial charge in [0.2, 0.25) is 11.8 Å². The molecule has 0 bridgehead atoms. The van der Waals surface area contributed by atoms with E-state index in [1.807, 2.05) is 73.6 Å². The van der Waals surface area contributed by atoms with E-state index in [1.165, 1.54) is 0 Å². The number of nitrogens with one attached hydrogen (secondary N) is 1. The van der Waals surface area contributed by atoms with Crippen molar-refractivity contribution in [2.75, 3.05) is 19.0 Å². The summed E-state index contributed by atoms with van der Waals surface area (Å²) in [4.78, 5) is 2.03. The van der Waals surface area contributed by atoms with Crippen LogP contribution >= 0.6 is 0 Å². The van der Waals surface area contributed by atoms with Crippen molar-refractivity contribution in [3.8, 4) is 23.2 Å². The SMILES string of the molecule is CN(C)c1ccc([C@H]2C(C#N)=C(N)Oc3n[nH]c(-c4ccccc4)c32)cc1. The molecular formula is C21H19N5O. The van der Waals surface area contributed by atoms with Crippen LogP contribution in [-0.4, -0.2) is 24.3 Å². The monoisotopic (exact) mass is 357 g/mol. The molecule has 0 saturated heterocycles. The van der Waals surface area contributed by atoms with Crippen LogP contribution in [0.25, 0.3) is 11.3 Å². The van der Waals surface area contributed by atoms with E-state index in [-0.39, 0.29) is 11.8 Å². The van der Waals surface area contributed by atoms with E-state index < -0.39 is 0 Å². The Morgan fingerprint density at radius 2 is 1.81 bits per heavy atom. The minimum atomic E-state index is -0.344. The minimum absolute atomic E-state index is 0.0952. The Labute approximate surface area is 157 Å². The fourth-order valence-electron chi connectivity index (χ4n) is 3.37. The number of nitriles is 1. The number of aromatic amines is 1. The van der Waals surface area contributed by atoms with E-state index in [4.69, 9.17) is 10.5 Å². The number of nitrogens with zero attached hydrogens (tertiary/aromatic N) is 3. The third-order valence-corrected chi connectivity index (χ3v) is 4.74. The zero-order valence-electron chi connectivity index (χ0n) is 15.1. The third kappa shape index (κ3) is 2.79. The molecular weight excluding hydrogens is 338 g/mol. The average Bonchev–Trinajstić information content (AvgIpc) is 3.11. The van der Waals surface area contributed by atoms with Crippen LogP contribution in [0.2, 0.25) is 0 Å². The summed E-state index contributed by atoms with van der Waals surface area (Å²) in [5.41, 5.74) is 11.1. The number of hydrogen-bond acceptors (Lipinski definition) is 5. The first-order chi connectivity index (χ1) is 13.1. The Morgan fingerprint density at radius 1 is 1.11 bits per heavy atom. The van der Waals surface area contributed by atoms with Gasteiger partial charge in [-0.1, -0.05) is 42.5 Å². The van der Waals surface area contributed by atoms with Gasteiger partial charge in [-0.05, 0) is 23.3 Å². The normalized spacial score (nSPS) is 15.7. The summed E-state index contributed by atoms with van der Waals surface area (Å²) in [5, 5.41) is 17.1. The number of rotatable bonds is 3. The maximum absolute atomic E-state index is 9.75. The number of fused-ring (bicyclic) bond motifs is 1. The largest absolute Gasteiger partial charge is 0.420 e. The lowest BCUT2D eigenvalue weighted by molar-refractivity contribution is 0.379. The summed E-state index contributed by atoms with van der Waals surface area (Å²) < 4.78 is 5.64. The summed E-state index contributed by atoms with van der Waals surface area (Å²) in [6.07, 6.45) is 0. The smallest absolute Gasteiger partial charge is 0.244 e. The molecule has 6 nitrogen and oxygen atoms in total. The van der Waals surface area contributed by atoms with Crippen molar-refractivity contribution in [1.29, 1.82) is 5.26 Å². The first kappa shape index (κ1) is 16.7. The molecule has 0 amide bonds. The molecule has 3 N–H and O–H groups in total. The zero-order valence-corrected chi connectivity index (χ0v) is 15.1. The lowest BCUT2D eigenvalue weighted by atomic mass is 9.83. The van der Waals surface area contributed by atoms with Crippen LogP contribution in [0.1, 0.15) is 17.0 Å². The topological polar surface area (TPSA) is 91.0 Å².